The first-order valence-corrected chi connectivity index (χ1v) is 9.49. The molecular weight excluding hydrogens is 405 g/mol. The number of carbonyl (C=O) groups is 4. The third kappa shape index (κ3) is 5.28. The average Bonchev–Trinajstić information content (AvgIpc) is 3.23. The number of hydrogen-bond donors (Lipinski definition) is 3. The Hall–Kier alpha value is -3.11. The van der Waals surface area contributed by atoms with E-state index in [0.29, 0.717) is 19.4 Å². The predicted octanol–water partition coefficient (Wildman–Crippen LogP) is 1.47. The average molecular weight is 426 g/mol. The molecule has 0 saturated carbocycles. The van der Waals surface area contributed by atoms with Crippen molar-refractivity contribution in [2.24, 2.45) is 0 Å². The van der Waals surface area contributed by atoms with E-state index in [1.807, 2.05) is 0 Å². The lowest BCUT2D eigenvalue weighted by Crippen LogP contribution is -2.39. The van der Waals surface area contributed by atoms with Crippen LogP contribution < -0.4 is 16.0 Å². The second kappa shape index (κ2) is 8.72. The summed E-state index contributed by atoms with van der Waals surface area (Å²) in [6, 6.07) is 2.29. The molecule has 0 aromatic heterocycles. The smallest absolute Gasteiger partial charge is 0.348 e. The Morgan fingerprint density at radius 3 is 2.63 bits per heavy atom. The van der Waals surface area contributed by atoms with Gasteiger partial charge in [-0.2, -0.15) is 13.2 Å². The quantitative estimate of drug-likeness (QED) is 0.574. The number of carbonyl (C=O) groups excluding carboxylic acids is 4. The van der Waals surface area contributed by atoms with Crippen LogP contribution in [0, 0.1) is 0 Å². The number of halogens is 3. The topological polar surface area (TPSA) is 108 Å². The van der Waals surface area contributed by atoms with Crippen LogP contribution in [0.1, 0.15) is 42.9 Å². The number of nitrogens with one attached hydrogen (secondary N) is 3. The Kier molecular flexibility index (Phi) is 6.28. The number of likely N-dealkylation sites (tertiary alicyclic amines) is 1. The molecule has 2 fully saturated rings. The fourth-order valence-corrected chi connectivity index (χ4v) is 3.49. The van der Waals surface area contributed by atoms with Crippen molar-refractivity contribution in [3.63, 3.8) is 0 Å². The zero-order chi connectivity index (χ0) is 21.9. The zero-order valence-electron chi connectivity index (χ0n) is 15.9. The molecule has 5 amide bonds. The lowest BCUT2D eigenvalue weighted by atomic mass is 10.0. The molecule has 0 aliphatic carbocycles. The Morgan fingerprint density at radius 1 is 1.27 bits per heavy atom. The van der Waals surface area contributed by atoms with Gasteiger partial charge in [-0.3, -0.25) is 19.7 Å². The van der Waals surface area contributed by atoms with Crippen LogP contribution in [0.2, 0.25) is 0 Å². The molecule has 3 N–H and O–H groups in total. The number of nitrogens with zero attached hydrogens (tertiary/aromatic N) is 1. The molecular formula is C19H21F3N4O4. The van der Waals surface area contributed by atoms with Crippen LogP contribution >= 0.6 is 0 Å². The predicted molar refractivity (Wildman–Crippen MR) is 97.8 cm³/mol. The highest BCUT2D eigenvalue weighted by atomic mass is 19.4. The minimum atomic E-state index is -4.54. The van der Waals surface area contributed by atoms with E-state index in [1.165, 1.54) is 17.0 Å². The van der Waals surface area contributed by atoms with Crippen LogP contribution in [0.4, 0.5) is 18.0 Å². The molecule has 0 unspecified atom stereocenters. The van der Waals surface area contributed by atoms with Crippen LogP contribution in [0.3, 0.4) is 0 Å². The molecule has 30 heavy (non-hydrogen) atoms. The van der Waals surface area contributed by atoms with E-state index in [0.717, 1.165) is 12.1 Å². The number of benzene rings is 1. The Labute approximate surface area is 170 Å². The Balaban J connectivity index is 1.71. The normalized spacial score (nSPS) is 20.2. The first kappa shape index (κ1) is 21.6. The summed E-state index contributed by atoms with van der Waals surface area (Å²) in [6.07, 6.45) is -3.61. The van der Waals surface area contributed by atoms with Crippen molar-refractivity contribution >= 4 is 23.8 Å². The van der Waals surface area contributed by atoms with E-state index in [4.69, 9.17) is 0 Å². The van der Waals surface area contributed by atoms with Crippen molar-refractivity contribution < 1.29 is 32.3 Å². The molecule has 162 valence electrons. The fourth-order valence-electron chi connectivity index (χ4n) is 3.49. The van der Waals surface area contributed by atoms with Crippen LogP contribution in [-0.2, 0) is 20.6 Å². The van der Waals surface area contributed by atoms with Crippen molar-refractivity contribution in [1.82, 2.24) is 20.9 Å². The molecule has 3 rings (SSSR count). The molecule has 1 aromatic carbocycles. The van der Waals surface area contributed by atoms with E-state index in [9.17, 15) is 32.3 Å². The summed E-state index contributed by atoms with van der Waals surface area (Å²) >= 11 is 0. The molecule has 2 saturated heterocycles. The van der Waals surface area contributed by atoms with E-state index in [-0.39, 0.29) is 30.9 Å². The number of alkyl halides is 3. The molecule has 11 heteroatoms. The minimum Gasteiger partial charge on any atom is -0.348 e. The lowest BCUT2D eigenvalue weighted by molar-refractivity contribution is -0.137. The van der Waals surface area contributed by atoms with Crippen LogP contribution in [-0.4, -0.2) is 47.8 Å². The summed E-state index contributed by atoms with van der Waals surface area (Å²) in [5.74, 6) is -1.16. The van der Waals surface area contributed by atoms with Gasteiger partial charge in [-0.15, -0.1) is 0 Å². The molecule has 2 heterocycles. The SMILES string of the molecule is O=C(CC[C@@H]1NC(=O)NC1=O)N[C@@H](CN1CCCC1=O)c1cccc(C(F)(F)F)c1. The molecule has 1 aromatic rings. The highest BCUT2D eigenvalue weighted by molar-refractivity contribution is 6.04. The molecule has 0 bridgehead atoms. The van der Waals surface area contributed by atoms with Gasteiger partial charge in [0.05, 0.1) is 11.6 Å². The van der Waals surface area contributed by atoms with E-state index >= 15 is 0 Å². The number of urea groups is 1. The maximum Gasteiger partial charge on any atom is 0.416 e. The molecule has 8 nitrogen and oxygen atoms in total. The first-order valence-electron chi connectivity index (χ1n) is 9.49. The van der Waals surface area contributed by atoms with Gasteiger partial charge in [0.15, 0.2) is 0 Å². The first-order chi connectivity index (χ1) is 14.1. The number of imide groups is 1. The Morgan fingerprint density at radius 2 is 2.03 bits per heavy atom. The lowest BCUT2D eigenvalue weighted by Gasteiger charge is -2.26. The maximum absolute atomic E-state index is 13.1. The van der Waals surface area contributed by atoms with Crippen LogP contribution in [0.15, 0.2) is 24.3 Å². The summed E-state index contributed by atoms with van der Waals surface area (Å²) < 4.78 is 39.3. The van der Waals surface area contributed by atoms with Gasteiger partial charge < -0.3 is 15.5 Å². The van der Waals surface area contributed by atoms with Gasteiger partial charge in [0.2, 0.25) is 11.8 Å². The molecule has 2 aliphatic heterocycles. The standard InChI is InChI=1S/C19H21F3N4O4/c20-19(21,22)12-4-1-3-11(9-12)14(10-26-8-2-5-16(26)28)23-15(27)7-6-13-17(29)25-18(30)24-13/h1,3-4,9,13-14H,2,5-8,10H2,(H,23,27)(H2,24,25,29,30)/t13-,14-/m0/s1. The van der Waals surface area contributed by atoms with E-state index in [1.54, 1.807) is 0 Å². The van der Waals surface area contributed by atoms with Crippen molar-refractivity contribution in [3.8, 4) is 0 Å². The van der Waals surface area contributed by atoms with Crippen molar-refractivity contribution in [3.05, 3.63) is 35.4 Å². The van der Waals surface area contributed by atoms with Gasteiger partial charge in [-0.05, 0) is 30.5 Å². The number of hydrogen-bond acceptors (Lipinski definition) is 4. The fraction of sp³-hybridized carbons (Fsp3) is 0.474. The van der Waals surface area contributed by atoms with Gasteiger partial charge in [0.1, 0.15) is 6.04 Å². The zero-order valence-corrected chi connectivity index (χ0v) is 15.9. The maximum atomic E-state index is 13.1. The largest absolute Gasteiger partial charge is 0.416 e. The summed E-state index contributed by atoms with van der Waals surface area (Å²) in [6.45, 7) is 0.519. The van der Waals surface area contributed by atoms with Crippen LogP contribution in [0.25, 0.3) is 0 Å². The molecule has 2 aliphatic rings. The van der Waals surface area contributed by atoms with Crippen molar-refractivity contribution in [2.75, 3.05) is 13.1 Å². The van der Waals surface area contributed by atoms with Gasteiger partial charge in [-0.1, -0.05) is 12.1 Å². The molecule has 2 atom stereocenters. The molecule has 0 radical (unpaired) electrons. The summed E-state index contributed by atoms with van der Waals surface area (Å²) in [7, 11) is 0. The summed E-state index contributed by atoms with van der Waals surface area (Å²) in [5.41, 5.74) is -0.623. The van der Waals surface area contributed by atoms with Gasteiger partial charge >= 0.3 is 12.2 Å². The third-order valence-corrected chi connectivity index (χ3v) is 5.04. The summed E-state index contributed by atoms with van der Waals surface area (Å²) in [4.78, 5) is 48.6. The molecule has 0 spiro atoms. The van der Waals surface area contributed by atoms with Crippen LogP contribution in [0.5, 0.6) is 0 Å². The highest BCUT2D eigenvalue weighted by Gasteiger charge is 2.33. The van der Waals surface area contributed by atoms with E-state index < -0.39 is 41.7 Å². The van der Waals surface area contributed by atoms with E-state index in [2.05, 4.69) is 16.0 Å². The highest BCUT2D eigenvalue weighted by Crippen LogP contribution is 2.31. The van der Waals surface area contributed by atoms with Gasteiger partial charge in [0.25, 0.3) is 5.91 Å². The second-order valence-corrected chi connectivity index (χ2v) is 7.24. The number of rotatable bonds is 7. The second-order valence-electron chi connectivity index (χ2n) is 7.24. The van der Waals surface area contributed by atoms with Crippen molar-refractivity contribution in [2.45, 2.75) is 43.9 Å². The Bertz CT molecular complexity index is 858. The minimum absolute atomic E-state index is 0.0430. The monoisotopic (exact) mass is 426 g/mol. The third-order valence-electron chi connectivity index (χ3n) is 5.04. The van der Waals surface area contributed by atoms with Crippen molar-refractivity contribution in [1.29, 1.82) is 0 Å². The summed E-state index contributed by atoms with van der Waals surface area (Å²) in [5, 5.41) is 7.10. The number of amides is 5. The van der Waals surface area contributed by atoms with Gasteiger partial charge in [0, 0.05) is 25.9 Å². The van der Waals surface area contributed by atoms with Gasteiger partial charge in [-0.25, -0.2) is 4.79 Å².